The molecule has 0 saturated carbocycles. The summed E-state index contributed by atoms with van der Waals surface area (Å²) in [4.78, 5) is 10.9. The summed E-state index contributed by atoms with van der Waals surface area (Å²) in [6.45, 7) is 6.25. The number of rotatable bonds is 4. The van der Waals surface area contributed by atoms with Crippen molar-refractivity contribution in [1.82, 2.24) is 14.8 Å². The van der Waals surface area contributed by atoms with E-state index >= 15 is 0 Å². The zero-order valence-corrected chi connectivity index (χ0v) is 14.8. The van der Waals surface area contributed by atoms with Crippen molar-refractivity contribution >= 4 is 11.3 Å². The molecule has 2 aliphatic heterocycles. The number of hydrogen-bond donors (Lipinski definition) is 0. The zero-order valence-electron chi connectivity index (χ0n) is 14.0. The fourth-order valence-corrected chi connectivity index (χ4v) is 4.66. The smallest absolute Gasteiger partial charge is 0.0743 e. The molecule has 0 radical (unpaired) electrons. The summed E-state index contributed by atoms with van der Waals surface area (Å²) in [5, 5.41) is 2.17. The Morgan fingerprint density at radius 2 is 2.08 bits per heavy atom. The molecule has 2 aromatic rings. The summed E-state index contributed by atoms with van der Waals surface area (Å²) in [5.74, 6) is 0. The van der Waals surface area contributed by atoms with Gasteiger partial charge in [-0.1, -0.05) is 12.1 Å². The molecule has 0 bridgehead atoms. The second-order valence-corrected chi connectivity index (χ2v) is 7.77. The number of thiophene rings is 1. The summed E-state index contributed by atoms with van der Waals surface area (Å²) in [6.07, 6.45) is 6.55. The Bertz CT molecular complexity index is 619. The third-order valence-corrected chi connectivity index (χ3v) is 6.01. The van der Waals surface area contributed by atoms with Crippen LogP contribution in [-0.4, -0.2) is 53.2 Å². The van der Waals surface area contributed by atoms with E-state index in [4.69, 9.17) is 4.74 Å². The first-order valence-corrected chi connectivity index (χ1v) is 9.76. The van der Waals surface area contributed by atoms with Crippen LogP contribution in [0.2, 0.25) is 0 Å². The van der Waals surface area contributed by atoms with Crippen molar-refractivity contribution in [1.29, 1.82) is 0 Å². The predicted octanol–water partition coefficient (Wildman–Crippen LogP) is 3.01. The van der Waals surface area contributed by atoms with Crippen molar-refractivity contribution in [3.63, 3.8) is 0 Å². The van der Waals surface area contributed by atoms with Gasteiger partial charge in [0.05, 0.1) is 12.7 Å². The molecule has 2 atom stereocenters. The second kappa shape index (κ2) is 7.74. The maximum Gasteiger partial charge on any atom is 0.0743 e. The molecule has 0 amide bonds. The Labute approximate surface area is 148 Å². The lowest BCUT2D eigenvalue weighted by Gasteiger charge is -2.40. The van der Waals surface area contributed by atoms with E-state index in [0.717, 1.165) is 45.8 Å². The minimum Gasteiger partial charge on any atom is -0.375 e. The molecule has 24 heavy (non-hydrogen) atoms. The van der Waals surface area contributed by atoms with Crippen LogP contribution in [0.15, 0.2) is 42.0 Å². The fourth-order valence-electron chi connectivity index (χ4n) is 3.92. The summed E-state index contributed by atoms with van der Waals surface area (Å²) in [5.41, 5.74) is 1.30. The van der Waals surface area contributed by atoms with E-state index in [9.17, 15) is 0 Å². The molecule has 2 aromatic heterocycles. The van der Waals surface area contributed by atoms with Gasteiger partial charge in [-0.15, -0.1) is 11.3 Å². The number of hydrogen-bond acceptors (Lipinski definition) is 5. The molecular formula is C19H25N3OS. The van der Waals surface area contributed by atoms with Crippen molar-refractivity contribution in [2.75, 3.05) is 26.2 Å². The molecular weight excluding hydrogens is 318 g/mol. The highest BCUT2D eigenvalue weighted by molar-refractivity contribution is 7.09. The molecule has 0 aromatic carbocycles. The molecule has 5 heteroatoms. The normalized spacial score (nSPS) is 26.0. The van der Waals surface area contributed by atoms with Crippen LogP contribution in [0.1, 0.15) is 23.3 Å². The summed E-state index contributed by atoms with van der Waals surface area (Å²) < 4.78 is 6.13. The molecule has 2 saturated heterocycles. The fraction of sp³-hybridized carbons (Fsp3) is 0.526. The molecule has 0 N–H and O–H groups in total. The maximum absolute atomic E-state index is 6.13. The molecule has 4 heterocycles. The number of pyridine rings is 1. The molecule has 0 spiro atoms. The van der Waals surface area contributed by atoms with Crippen LogP contribution < -0.4 is 0 Å². The number of morpholine rings is 1. The summed E-state index contributed by atoms with van der Waals surface area (Å²) >= 11 is 1.86. The number of likely N-dealkylation sites (tertiary alicyclic amines) is 1. The SMILES string of the molecule is c1cncc(CN2CCO[C@@H]3CCN(Cc4cccs4)CC[C@H]32)c1. The van der Waals surface area contributed by atoms with E-state index in [1.165, 1.54) is 16.9 Å². The first-order valence-electron chi connectivity index (χ1n) is 8.88. The lowest BCUT2D eigenvalue weighted by Crippen LogP contribution is -2.50. The van der Waals surface area contributed by atoms with Gasteiger partial charge < -0.3 is 4.74 Å². The number of aromatic nitrogens is 1. The van der Waals surface area contributed by atoms with Gasteiger partial charge in [0, 0.05) is 56.0 Å². The Kier molecular flexibility index (Phi) is 5.23. The van der Waals surface area contributed by atoms with Crippen LogP contribution in [0.4, 0.5) is 0 Å². The van der Waals surface area contributed by atoms with Gasteiger partial charge in [0.15, 0.2) is 0 Å². The van der Waals surface area contributed by atoms with E-state index < -0.39 is 0 Å². The van der Waals surface area contributed by atoms with Crippen LogP contribution in [-0.2, 0) is 17.8 Å². The van der Waals surface area contributed by atoms with E-state index in [0.29, 0.717) is 12.1 Å². The van der Waals surface area contributed by atoms with E-state index in [2.05, 4.69) is 38.4 Å². The quantitative estimate of drug-likeness (QED) is 0.853. The first kappa shape index (κ1) is 16.2. The highest BCUT2D eigenvalue weighted by Gasteiger charge is 2.34. The number of fused-ring (bicyclic) bond motifs is 1. The van der Waals surface area contributed by atoms with Gasteiger partial charge in [-0.25, -0.2) is 0 Å². The highest BCUT2D eigenvalue weighted by atomic mass is 32.1. The topological polar surface area (TPSA) is 28.6 Å². The van der Waals surface area contributed by atoms with Gasteiger partial charge in [-0.3, -0.25) is 14.8 Å². The van der Waals surface area contributed by atoms with Gasteiger partial charge in [0.1, 0.15) is 0 Å². The van der Waals surface area contributed by atoms with Gasteiger partial charge in [0.2, 0.25) is 0 Å². The number of ether oxygens (including phenoxy) is 1. The largest absolute Gasteiger partial charge is 0.375 e. The average molecular weight is 343 g/mol. The highest BCUT2D eigenvalue weighted by Crippen LogP contribution is 2.26. The lowest BCUT2D eigenvalue weighted by atomic mass is 10.0. The van der Waals surface area contributed by atoms with Crippen LogP contribution in [0, 0.1) is 0 Å². The van der Waals surface area contributed by atoms with E-state index in [-0.39, 0.29) is 0 Å². The minimum absolute atomic E-state index is 0.378. The van der Waals surface area contributed by atoms with Crippen LogP contribution in [0.5, 0.6) is 0 Å². The van der Waals surface area contributed by atoms with Crippen molar-refractivity contribution < 1.29 is 4.74 Å². The second-order valence-electron chi connectivity index (χ2n) is 6.74. The lowest BCUT2D eigenvalue weighted by molar-refractivity contribution is -0.0747. The van der Waals surface area contributed by atoms with Gasteiger partial charge in [0.25, 0.3) is 0 Å². The van der Waals surface area contributed by atoms with Crippen LogP contribution in [0.3, 0.4) is 0 Å². The van der Waals surface area contributed by atoms with Crippen LogP contribution >= 0.6 is 11.3 Å². The first-order chi connectivity index (χ1) is 11.9. The molecule has 4 nitrogen and oxygen atoms in total. The maximum atomic E-state index is 6.13. The average Bonchev–Trinajstić information content (AvgIpc) is 3.03. The minimum atomic E-state index is 0.378. The van der Waals surface area contributed by atoms with Crippen molar-refractivity contribution in [2.45, 2.75) is 38.1 Å². The summed E-state index contributed by atoms with van der Waals surface area (Å²) in [7, 11) is 0. The molecule has 0 unspecified atom stereocenters. The monoisotopic (exact) mass is 343 g/mol. The van der Waals surface area contributed by atoms with Crippen molar-refractivity contribution in [3.05, 3.63) is 52.5 Å². The van der Waals surface area contributed by atoms with Gasteiger partial charge in [-0.2, -0.15) is 0 Å². The van der Waals surface area contributed by atoms with Crippen molar-refractivity contribution in [2.24, 2.45) is 0 Å². The molecule has 128 valence electrons. The van der Waals surface area contributed by atoms with Gasteiger partial charge in [-0.05, 0) is 35.9 Å². The Hall–Kier alpha value is -1.27. The van der Waals surface area contributed by atoms with Crippen molar-refractivity contribution in [3.8, 4) is 0 Å². The van der Waals surface area contributed by atoms with E-state index in [1.807, 2.05) is 29.8 Å². The standard InChI is InChI=1S/C19H25N3OS/c1-3-16(13-20-7-1)14-22-10-11-23-19-6-9-21(8-5-18(19)22)15-17-4-2-12-24-17/h1-4,7,12-13,18-19H,5-6,8-11,14-15H2/t18-,19-/m1/s1. The molecule has 0 aliphatic carbocycles. The Balaban J connectivity index is 1.40. The predicted molar refractivity (Wildman–Crippen MR) is 97.0 cm³/mol. The molecule has 4 rings (SSSR count). The Morgan fingerprint density at radius 3 is 2.92 bits per heavy atom. The van der Waals surface area contributed by atoms with Crippen LogP contribution in [0.25, 0.3) is 0 Å². The molecule has 2 aliphatic rings. The third-order valence-electron chi connectivity index (χ3n) is 5.15. The summed E-state index contributed by atoms with van der Waals surface area (Å²) in [6, 6.07) is 9.14. The Morgan fingerprint density at radius 1 is 1.12 bits per heavy atom. The number of nitrogens with zero attached hydrogens (tertiary/aromatic N) is 3. The van der Waals surface area contributed by atoms with E-state index in [1.54, 1.807) is 0 Å². The zero-order chi connectivity index (χ0) is 16.2. The van der Waals surface area contributed by atoms with Gasteiger partial charge >= 0.3 is 0 Å². The third kappa shape index (κ3) is 3.86. The molecule has 2 fully saturated rings.